The maximum absolute atomic E-state index is 13.4. The lowest BCUT2D eigenvalue weighted by Gasteiger charge is -2.21. The second-order valence-electron chi connectivity index (χ2n) is 7.05. The van der Waals surface area contributed by atoms with Gasteiger partial charge < -0.3 is 10.2 Å². The molecule has 164 valence electrons. The lowest BCUT2D eigenvalue weighted by atomic mass is 10.2. The van der Waals surface area contributed by atoms with Crippen LogP contribution in [0, 0.1) is 18.3 Å². The second kappa shape index (κ2) is 9.83. The molecule has 2 aromatic carbocycles. The van der Waals surface area contributed by atoms with E-state index >= 15 is 0 Å². The van der Waals surface area contributed by atoms with Crippen LogP contribution in [-0.2, 0) is 27.9 Å². The van der Waals surface area contributed by atoms with Crippen molar-refractivity contribution >= 4 is 33.6 Å². The van der Waals surface area contributed by atoms with E-state index in [1.54, 1.807) is 60.7 Å². The summed E-state index contributed by atoms with van der Waals surface area (Å²) in [6.45, 7) is 1.90. The van der Waals surface area contributed by atoms with Gasteiger partial charge in [-0.15, -0.1) is 0 Å². The smallest absolute Gasteiger partial charge is 0.259 e. The van der Waals surface area contributed by atoms with Gasteiger partial charge in [0, 0.05) is 17.6 Å². The monoisotopic (exact) mass is 469 g/mol. The van der Waals surface area contributed by atoms with Gasteiger partial charge in [0.05, 0.1) is 11.4 Å². The molecule has 0 saturated carbocycles. The largest absolute Gasteiger partial charge is 0.460 e. The molecule has 0 atom stereocenters. The predicted molar refractivity (Wildman–Crippen MR) is 121 cm³/mol. The normalized spacial score (nSPS) is 12.0. The molecule has 7 nitrogen and oxygen atoms in total. The van der Waals surface area contributed by atoms with Crippen molar-refractivity contribution in [3.8, 4) is 6.07 Å². The van der Waals surface area contributed by atoms with Gasteiger partial charge in [0.15, 0.2) is 0 Å². The number of aryl methyl sites for hydroxylation is 1. The van der Waals surface area contributed by atoms with E-state index in [-0.39, 0.29) is 29.3 Å². The summed E-state index contributed by atoms with van der Waals surface area (Å²) in [5, 5.41) is 9.54. The third-order valence-electron chi connectivity index (χ3n) is 4.62. The predicted octanol–water partition coefficient (Wildman–Crippen LogP) is 4.02. The van der Waals surface area contributed by atoms with E-state index in [2.05, 4.69) is 0 Å². The Hall–Kier alpha value is -3.38. The Bertz CT molecular complexity index is 1290. The molecule has 32 heavy (non-hydrogen) atoms. The molecule has 0 fully saturated rings. The van der Waals surface area contributed by atoms with Gasteiger partial charge in [-0.25, -0.2) is 8.42 Å². The lowest BCUT2D eigenvalue weighted by molar-refractivity contribution is -0.114. The van der Waals surface area contributed by atoms with Crippen LogP contribution in [0.1, 0.15) is 22.6 Å². The first kappa shape index (κ1) is 23.3. The van der Waals surface area contributed by atoms with Gasteiger partial charge in [0.25, 0.3) is 5.91 Å². The van der Waals surface area contributed by atoms with E-state index < -0.39 is 15.9 Å². The Labute approximate surface area is 191 Å². The number of hydrogen-bond acceptors (Lipinski definition) is 5. The van der Waals surface area contributed by atoms with Crippen molar-refractivity contribution in [2.75, 3.05) is 0 Å². The highest BCUT2D eigenvalue weighted by molar-refractivity contribution is 7.89. The Morgan fingerprint density at radius 2 is 1.75 bits per heavy atom. The SMILES string of the molecule is Cc1ccc(S(=O)(=O)N(Cc2ccc(Cl)cc2)Cc2ccc(/C=C(/C#N)C(N)=O)o2)cc1. The Morgan fingerprint density at radius 1 is 1.09 bits per heavy atom. The number of rotatable bonds is 8. The first-order valence-electron chi connectivity index (χ1n) is 9.50. The summed E-state index contributed by atoms with van der Waals surface area (Å²) in [5.41, 5.74) is 6.57. The molecule has 0 unspecified atom stereocenters. The van der Waals surface area contributed by atoms with Crippen molar-refractivity contribution in [3.05, 3.63) is 93.9 Å². The standard InChI is InChI=1S/C23H20ClN3O4S/c1-16-2-10-22(11-3-16)32(29,30)27(14-17-4-6-19(24)7-5-17)15-21-9-8-20(31-21)12-18(13-25)23(26)28/h2-12H,14-15H2,1H3,(H2,26,28)/b18-12-. The number of hydrogen-bond donors (Lipinski definition) is 1. The van der Waals surface area contributed by atoms with E-state index in [4.69, 9.17) is 27.0 Å². The number of nitrogens with two attached hydrogens (primary N) is 1. The average molecular weight is 470 g/mol. The van der Waals surface area contributed by atoms with Gasteiger partial charge in [-0.2, -0.15) is 9.57 Å². The number of carbonyl (C=O) groups excluding carboxylic acids is 1. The molecular weight excluding hydrogens is 450 g/mol. The van der Waals surface area contributed by atoms with Crippen molar-refractivity contribution in [1.82, 2.24) is 4.31 Å². The first-order valence-corrected chi connectivity index (χ1v) is 11.3. The van der Waals surface area contributed by atoms with Gasteiger partial charge in [0.1, 0.15) is 23.2 Å². The van der Waals surface area contributed by atoms with Crippen LogP contribution in [0.3, 0.4) is 0 Å². The van der Waals surface area contributed by atoms with Crippen LogP contribution in [0.15, 0.2) is 75.5 Å². The lowest BCUT2D eigenvalue weighted by Crippen LogP contribution is -2.30. The van der Waals surface area contributed by atoms with E-state index in [1.807, 2.05) is 6.92 Å². The summed E-state index contributed by atoms with van der Waals surface area (Å²) in [4.78, 5) is 11.4. The minimum absolute atomic E-state index is 0.0644. The van der Waals surface area contributed by atoms with Crippen LogP contribution in [0.2, 0.25) is 5.02 Å². The van der Waals surface area contributed by atoms with E-state index in [0.717, 1.165) is 11.1 Å². The van der Waals surface area contributed by atoms with E-state index in [0.29, 0.717) is 10.8 Å². The second-order valence-corrected chi connectivity index (χ2v) is 9.43. The Kier molecular flexibility index (Phi) is 7.15. The van der Waals surface area contributed by atoms with Gasteiger partial charge in [0.2, 0.25) is 10.0 Å². The summed E-state index contributed by atoms with van der Waals surface area (Å²) >= 11 is 5.95. The molecule has 1 heterocycles. The number of primary amides is 1. The molecule has 3 rings (SSSR count). The summed E-state index contributed by atoms with van der Waals surface area (Å²) in [6.07, 6.45) is 1.21. The molecule has 3 aromatic rings. The summed E-state index contributed by atoms with van der Waals surface area (Å²) in [6, 6.07) is 18.3. The zero-order valence-corrected chi connectivity index (χ0v) is 18.7. The van der Waals surface area contributed by atoms with Gasteiger partial charge in [-0.3, -0.25) is 4.79 Å². The molecule has 0 aliphatic heterocycles. The van der Waals surface area contributed by atoms with Crippen molar-refractivity contribution in [2.45, 2.75) is 24.9 Å². The number of nitriles is 1. The number of amides is 1. The number of benzene rings is 2. The van der Waals surface area contributed by atoms with Crippen LogP contribution >= 0.6 is 11.6 Å². The summed E-state index contributed by atoms with van der Waals surface area (Å²) in [5.74, 6) is -0.325. The fraction of sp³-hybridized carbons (Fsp3) is 0.130. The van der Waals surface area contributed by atoms with Crippen LogP contribution in [-0.4, -0.2) is 18.6 Å². The number of furan rings is 1. The van der Waals surface area contributed by atoms with Crippen LogP contribution in [0.4, 0.5) is 0 Å². The zero-order valence-electron chi connectivity index (χ0n) is 17.2. The maximum Gasteiger partial charge on any atom is 0.259 e. The summed E-state index contributed by atoms with van der Waals surface area (Å²) < 4.78 is 33.7. The number of sulfonamides is 1. The molecule has 0 saturated heterocycles. The van der Waals surface area contributed by atoms with E-state index in [1.165, 1.54) is 16.4 Å². The quantitative estimate of drug-likeness (QED) is 0.395. The molecular formula is C23H20ClN3O4S. The molecule has 2 N–H and O–H groups in total. The van der Waals surface area contributed by atoms with Crippen LogP contribution < -0.4 is 5.73 Å². The molecule has 1 amide bonds. The molecule has 9 heteroatoms. The van der Waals surface area contributed by atoms with Crippen molar-refractivity contribution < 1.29 is 17.6 Å². The highest BCUT2D eigenvalue weighted by Crippen LogP contribution is 2.23. The molecule has 0 aliphatic rings. The highest BCUT2D eigenvalue weighted by atomic mass is 35.5. The molecule has 1 aromatic heterocycles. The zero-order chi connectivity index (χ0) is 23.3. The molecule has 0 radical (unpaired) electrons. The maximum atomic E-state index is 13.4. The van der Waals surface area contributed by atoms with Crippen LogP contribution in [0.25, 0.3) is 6.08 Å². The Morgan fingerprint density at radius 3 is 2.34 bits per heavy atom. The molecule has 0 bridgehead atoms. The average Bonchev–Trinajstić information content (AvgIpc) is 3.20. The number of carbonyl (C=O) groups is 1. The van der Waals surface area contributed by atoms with Crippen molar-refractivity contribution in [3.63, 3.8) is 0 Å². The topological polar surface area (TPSA) is 117 Å². The number of halogens is 1. The Balaban J connectivity index is 1.94. The van der Waals surface area contributed by atoms with Gasteiger partial charge >= 0.3 is 0 Å². The van der Waals surface area contributed by atoms with Gasteiger partial charge in [-0.1, -0.05) is 41.4 Å². The fourth-order valence-corrected chi connectivity index (χ4v) is 4.43. The van der Waals surface area contributed by atoms with Crippen molar-refractivity contribution in [2.24, 2.45) is 5.73 Å². The van der Waals surface area contributed by atoms with E-state index in [9.17, 15) is 13.2 Å². The molecule has 0 aliphatic carbocycles. The van der Waals surface area contributed by atoms with Crippen LogP contribution in [0.5, 0.6) is 0 Å². The van der Waals surface area contributed by atoms with Gasteiger partial charge in [-0.05, 0) is 48.9 Å². The fourth-order valence-electron chi connectivity index (χ4n) is 2.91. The first-order chi connectivity index (χ1) is 15.2. The number of nitrogens with zero attached hydrogens (tertiary/aromatic N) is 2. The third-order valence-corrected chi connectivity index (χ3v) is 6.68. The molecule has 0 spiro atoms. The summed E-state index contributed by atoms with van der Waals surface area (Å²) in [7, 11) is -3.86. The minimum atomic E-state index is -3.86. The third kappa shape index (κ3) is 5.65. The van der Waals surface area contributed by atoms with Crippen molar-refractivity contribution in [1.29, 1.82) is 5.26 Å². The highest BCUT2D eigenvalue weighted by Gasteiger charge is 2.26. The minimum Gasteiger partial charge on any atom is -0.460 e.